The van der Waals surface area contributed by atoms with Gasteiger partial charge in [0.25, 0.3) is 0 Å². The van der Waals surface area contributed by atoms with E-state index in [4.69, 9.17) is 4.74 Å². The van der Waals surface area contributed by atoms with E-state index in [2.05, 4.69) is 45.1 Å². The van der Waals surface area contributed by atoms with Crippen molar-refractivity contribution in [3.63, 3.8) is 0 Å². The van der Waals surface area contributed by atoms with Gasteiger partial charge in [0.1, 0.15) is 5.75 Å². The molecule has 0 aliphatic heterocycles. The van der Waals surface area contributed by atoms with E-state index in [1.165, 1.54) is 42.4 Å². The Hall–Kier alpha value is -1.02. The molecule has 0 bridgehead atoms. The Kier molecular flexibility index (Phi) is 5.69. The molecule has 2 unspecified atom stereocenters. The summed E-state index contributed by atoms with van der Waals surface area (Å²) in [5, 5.41) is 3.64. The number of nitrogens with one attached hydrogen (secondary N) is 1. The summed E-state index contributed by atoms with van der Waals surface area (Å²) in [7, 11) is 1.81. The van der Waals surface area contributed by atoms with E-state index >= 15 is 0 Å². The van der Waals surface area contributed by atoms with Crippen LogP contribution in [0, 0.1) is 19.8 Å². The second-order valence-electron chi connectivity index (χ2n) is 6.91. The zero-order chi connectivity index (χ0) is 15.4. The lowest BCUT2D eigenvalue weighted by Crippen LogP contribution is -2.33. The quantitative estimate of drug-likeness (QED) is 0.856. The first kappa shape index (κ1) is 16.4. The zero-order valence-electron chi connectivity index (χ0n) is 14.3. The molecule has 21 heavy (non-hydrogen) atoms. The molecule has 0 radical (unpaired) electrons. The fraction of sp³-hybridized carbons (Fsp3) is 0.684. The van der Waals surface area contributed by atoms with Gasteiger partial charge >= 0.3 is 0 Å². The van der Waals surface area contributed by atoms with Crippen LogP contribution in [0.5, 0.6) is 5.75 Å². The molecule has 0 aromatic heterocycles. The third-order valence-corrected chi connectivity index (χ3v) is 4.78. The summed E-state index contributed by atoms with van der Waals surface area (Å²) in [6, 6.07) is 5.07. The van der Waals surface area contributed by atoms with E-state index < -0.39 is 0 Å². The molecule has 0 amide bonds. The maximum absolute atomic E-state index is 5.71. The minimum atomic E-state index is 0.564. The lowest BCUT2D eigenvalue weighted by molar-refractivity contribution is 0.281. The predicted molar refractivity (Wildman–Crippen MR) is 90.3 cm³/mol. The highest BCUT2D eigenvalue weighted by atomic mass is 16.5. The van der Waals surface area contributed by atoms with Crippen molar-refractivity contribution >= 4 is 0 Å². The van der Waals surface area contributed by atoms with E-state index in [0.717, 1.165) is 18.2 Å². The smallest absolute Gasteiger partial charge is 0.122 e. The Morgan fingerprint density at radius 2 is 1.90 bits per heavy atom. The first-order valence-electron chi connectivity index (χ1n) is 8.41. The number of benzene rings is 1. The number of aryl methyl sites for hydroxylation is 2. The van der Waals surface area contributed by atoms with Crippen molar-refractivity contribution in [3.05, 3.63) is 28.8 Å². The molecule has 2 rings (SSSR count). The molecular weight excluding hydrogens is 258 g/mol. The summed E-state index contributed by atoms with van der Waals surface area (Å²) in [5.41, 5.74) is 4.15. The molecule has 0 spiro atoms. The fourth-order valence-electron chi connectivity index (χ4n) is 3.80. The number of ether oxygens (including phenoxy) is 1. The normalized spacial score (nSPS) is 22.6. The average molecular weight is 289 g/mol. The van der Waals surface area contributed by atoms with Gasteiger partial charge in [-0.15, -0.1) is 0 Å². The van der Waals surface area contributed by atoms with Gasteiger partial charge in [0.2, 0.25) is 0 Å². The van der Waals surface area contributed by atoms with Gasteiger partial charge in [-0.2, -0.15) is 0 Å². The first-order chi connectivity index (χ1) is 10.0. The molecule has 1 saturated carbocycles. The second-order valence-corrected chi connectivity index (χ2v) is 6.91. The van der Waals surface area contributed by atoms with Crippen LogP contribution < -0.4 is 10.1 Å². The van der Waals surface area contributed by atoms with Crippen LogP contribution in [-0.2, 0) is 0 Å². The molecule has 2 heteroatoms. The lowest BCUT2D eigenvalue weighted by Gasteiger charge is -2.34. The molecule has 1 aromatic rings. The van der Waals surface area contributed by atoms with Crippen LogP contribution in [0.15, 0.2) is 12.1 Å². The summed E-state index contributed by atoms with van der Waals surface area (Å²) in [6.07, 6.45) is 5.35. The molecule has 1 fully saturated rings. The average Bonchev–Trinajstić information content (AvgIpc) is 2.44. The molecule has 2 atom stereocenters. The summed E-state index contributed by atoms with van der Waals surface area (Å²) in [4.78, 5) is 0. The van der Waals surface area contributed by atoms with Crippen LogP contribution >= 0.6 is 0 Å². The van der Waals surface area contributed by atoms with Crippen LogP contribution in [0.25, 0.3) is 0 Å². The zero-order valence-corrected chi connectivity index (χ0v) is 14.3. The molecule has 1 aromatic carbocycles. The van der Waals surface area contributed by atoms with Gasteiger partial charge in [0.05, 0.1) is 7.11 Å². The van der Waals surface area contributed by atoms with Crippen molar-refractivity contribution in [2.24, 2.45) is 5.92 Å². The second kappa shape index (κ2) is 7.31. The first-order valence-corrected chi connectivity index (χ1v) is 8.41. The third-order valence-electron chi connectivity index (χ3n) is 4.78. The van der Waals surface area contributed by atoms with Gasteiger partial charge in [0, 0.05) is 11.6 Å². The molecule has 1 N–H and O–H groups in total. The van der Waals surface area contributed by atoms with Crippen LogP contribution in [0.3, 0.4) is 0 Å². The van der Waals surface area contributed by atoms with E-state index in [1.807, 2.05) is 7.11 Å². The van der Waals surface area contributed by atoms with Crippen LogP contribution in [-0.4, -0.2) is 19.7 Å². The predicted octanol–water partition coefficient (Wildman–Crippen LogP) is 4.58. The highest BCUT2D eigenvalue weighted by Gasteiger charge is 2.29. The SMILES string of the molecule is COc1cc(C)cc(C)c1C1CCCCC1CNC(C)C. The standard InChI is InChI=1S/C19H31NO/c1-13(2)20-12-16-8-6-7-9-17(16)19-15(4)10-14(3)11-18(19)21-5/h10-11,13,16-17,20H,6-9,12H2,1-5H3. The Labute approximate surface area is 130 Å². The lowest BCUT2D eigenvalue weighted by atomic mass is 9.73. The molecule has 1 aliphatic carbocycles. The van der Waals surface area contributed by atoms with Crippen molar-refractivity contribution in [3.8, 4) is 5.75 Å². The van der Waals surface area contributed by atoms with Crippen LogP contribution in [0.4, 0.5) is 0 Å². The number of rotatable bonds is 5. The fourth-order valence-corrected chi connectivity index (χ4v) is 3.80. The summed E-state index contributed by atoms with van der Waals surface area (Å²) in [5.74, 6) is 2.46. The summed E-state index contributed by atoms with van der Waals surface area (Å²) in [6.45, 7) is 9.98. The van der Waals surface area contributed by atoms with Crippen molar-refractivity contribution < 1.29 is 4.74 Å². The summed E-state index contributed by atoms with van der Waals surface area (Å²) < 4.78 is 5.71. The molecule has 0 heterocycles. The molecule has 1 aliphatic rings. The van der Waals surface area contributed by atoms with Crippen molar-refractivity contribution in [1.82, 2.24) is 5.32 Å². The Bertz CT molecular complexity index is 467. The van der Waals surface area contributed by atoms with Crippen LogP contribution in [0.2, 0.25) is 0 Å². The Balaban J connectivity index is 2.28. The van der Waals surface area contributed by atoms with E-state index in [9.17, 15) is 0 Å². The van der Waals surface area contributed by atoms with Crippen LogP contribution in [0.1, 0.15) is 62.1 Å². The van der Waals surface area contributed by atoms with Crippen molar-refractivity contribution in [2.75, 3.05) is 13.7 Å². The molecule has 118 valence electrons. The molecule has 2 nitrogen and oxygen atoms in total. The highest BCUT2D eigenvalue weighted by Crippen LogP contribution is 2.43. The minimum Gasteiger partial charge on any atom is -0.496 e. The maximum Gasteiger partial charge on any atom is 0.122 e. The maximum atomic E-state index is 5.71. The van der Waals surface area contributed by atoms with Gasteiger partial charge in [0.15, 0.2) is 0 Å². The third kappa shape index (κ3) is 4.00. The number of methoxy groups -OCH3 is 1. The number of hydrogen-bond donors (Lipinski definition) is 1. The number of hydrogen-bond acceptors (Lipinski definition) is 2. The van der Waals surface area contributed by atoms with E-state index in [1.54, 1.807) is 0 Å². The van der Waals surface area contributed by atoms with Gasteiger partial charge in [-0.1, -0.05) is 32.8 Å². The van der Waals surface area contributed by atoms with Gasteiger partial charge < -0.3 is 10.1 Å². The molecule has 0 saturated heterocycles. The molecular formula is C19H31NO. The van der Waals surface area contributed by atoms with Gasteiger partial charge in [-0.25, -0.2) is 0 Å². The highest BCUT2D eigenvalue weighted by molar-refractivity contribution is 5.45. The van der Waals surface area contributed by atoms with E-state index in [-0.39, 0.29) is 0 Å². The Morgan fingerprint density at radius 1 is 1.19 bits per heavy atom. The minimum absolute atomic E-state index is 0.564. The Morgan fingerprint density at radius 3 is 2.57 bits per heavy atom. The topological polar surface area (TPSA) is 21.3 Å². The monoisotopic (exact) mass is 289 g/mol. The van der Waals surface area contributed by atoms with Gasteiger partial charge in [-0.05, 0) is 62.3 Å². The van der Waals surface area contributed by atoms with Crippen molar-refractivity contribution in [2.45, 2.75) is 65.3 Å². The largest absolute Gasteiger partial charge is 0.496 e. The van der Waals surface area contributed by atoms with E-state index in [0.29, 0.717) is 12.0 Å². The van der Waals surface area contributed by atoms with Gasteiger partial charge in [-0.3, -0.25) is 0 Å². The van der Waals surface area contributed by atoms with Crippen molar-refractivity contribution in [1.29, 1.82) is 0 Å². The summed E-state index contributed by atoms with van der Waals surface area (Å²) >= 11 is 0.